The van der Waals surface area contributed by atoms with E-state index in [0.717, 1.165) is 44.5 Å². The van der Waals surface area contributed by atoms with Gasteiger partial charge in [0, 0.05) is 17.6 Å². The monoisotopic (exact) mass is 275 g/mol. The molecule has 110 valence electrons. The lowest BCUT2D eigenvalue weighted by Gasteiger charge is -2.32. The maximum absolute atomic E-state index is 10.2. The van der Waals surface area contributed by atoms with Crippen LogP contribution in [-0.2, 0) is 0 Å². The minimum atomic E-state index is -0.193. The number of hydrogen-bond acceptors (Lipinski definition) is 3. The highest BCUT2D eigenvalue weighted by Gasteiger charge is 2.28. The number of aliphatic hydroxyl groups excluding tert-OH is 1. The zero-order valence-corrected chi connectivity index (χ0v) is 12.3. The van der Waals surface area contributed by atoms with Crippen LogP contribution in [0.5, 0.6) is 5.75 Å². The average molecular weight is 275 g/mol. The van der Waals surface area contributed by atoms with Gasteiger partial charge in [0.15, 0.2) is 0 Å². The van der Waals surface area contributed by atoms with Gasteiger partial charge in [-0.3, -0.25) is 0 Å². The van der Waals surface area contributed by atoms with E-state index in [9.17, 15) is 5.11 Å². The third-order valence-corrected chi connectivity index (χ3v) is 4.65. The lowest BCUT2D eigenvalue weighted by atomic mass is 9.90. The number of hydrogen-bond donors (Lipinski definition) is 2. The molecule has 1 heterocycles. The molecule has 0 radical (unpaired) electrons. The maximum atomic E-state index is 10.2. The first-order valence-electron chi connectivity index (χ1n) is 7.92. The molecule has 2 aliphatic rings. The molecule has 1 fully saturated rings. The Balaban J connectivity index is 1.81. The Morgan fingerprint density at radius 2 is 2.00 bits per heavy atom. The molecule has 0 amide bonds. The zero-order chi connectivity index (χ0) is 13.9. The number of para-hydroxylation sites is 1. The molecular formula is C17H25NO2. The van der Waals surface area contributed by atoms with Crippen LogP contribution in [0.2, 0.25) is 0 Å². The van der Waals surface area contributed by atoms with Crippen molar-refractivity contribution in [2.24, 2.45) is 0 Å². The number of rotatable bonds is 2. The van der Waals surface area contributed by atoms with Crippen molar-refractivity contribution in [1.29, 1.82) is 0 Å². The molecule has 1 aliphatic heterocycles. The second kappa shape index (κ2) is 6.15. The molecule has 3 heteroatoms. The molecule has 3 unspecified atom stereocenters. The van der Waals surface area contributed by atoms with Gasteiger partial charge in [0.05, 0.1) is 12.7 Å². The molecule has 0 spiro atoms. The van der Waals surface area contributed by atoms with Crippen molar-refractivity contribution in [1.82, 2.24) is 5.32 Å². The molecule has 1 aromatic carbocycles. The van der Waals surface area contributed by atoms with Crippen LogP contribution in [-0.4, -0.2) is 23.9 Å². The molecule has 3 atom stereocenters. The van der Waals surface area contributed by atoms with Gasteiger partial charge in [-0.25, -0.2) is 0 Å². The lowest BCUT2D eigenvalue weighted by Crippen LogP contribution is -2.43. The number of nitrogens with one attached hydrogen (secondary N) is 1. The largest absolute Gasteiger partial charge is 0.493 e. The van der Waals surface area contributed by atoms with E-state index in [-0.39, 0.29) is 12.1 Å². The van der Waals surface area contributed by atoms with Gasteiger partial charge >= 0.3 is 0 Å². The van der Waals surface area contributed by atoms with Gasteiger partial charge in [0.2, 0.25) is 0 Å². The van der Waals surface area contributed by atoms with Gasteiger partial charge in [-0.2, -0.15) is 0 Å². The zero-order valence-electron chi connectivity index (χ0n) is 12.3. The van der Waals surface area contributed by atoms with Crippen LogP contribution in [0.15, 0.2) is 18.2 Å². The van der Waals surface area contributed by atoms with Crippen molar-refractivity contribution in [2.75, 3.05) is 6.61 Å². The highest BCUT2D eigenvalue weighted by molar-refractivity contribution is 5.43. The van der Waals surface area contributed by atoms with Crippen molar-refractivity contribution < 1.29 is 9.84 Å². The Bertz CT molecular complexity index is 460. The molecule has 0 bridgehead atoms. The van der Waals surface area contributed by atoms with Crippen LogP contribution in [0, 0.1) is 6.92 Å². The first kappa shape index (κ1) is 13.9. The van der Waals surface area contributed by atoms with Crippen LogP contribution < -0.4 is 10.1 Å². The van der Waals surface area contributed by atoms with E-state index >= 15 is 0 Å². The fourth-order valence-corrected chi connectivity index (χ4v) is 3.50. The Kier molecular flexibility index (Phi) is 4.27. The van der Waals surface area contributed by atoms with Gasteiger partial charge in [-0.05, 0) is 38.2 Å². The first-order valence-corrected chi connectivity index (χ1v) is 7.92. The number of ether oxygens (including phenoxy) is 1. The molecule has 0 saturated heterocycles. The number of benzene rings is 1. The Morgan fingerprint density at radius 3 is 2.85 bits per heavy atom. The van der Waals surface area contributed by atoms with E-state index in [2.05, 4.69) is 30.4 Å². The van der Waals surface area contributed by atoms with Gasteiger partial charge in [0.1, 0.15) is 5.75 Å². The van der Waals surface area contributed by atoms with Crippen molar-refractivity contribution in [3.05, 3.63) is 29.3 Å². The number of aliphatic hydroxyl groups is 1. The van der Waals surface area contributed by atoms with Gasteiger partial charge < -0.3 is 15.2 Å². The average Bonchev–Trinajstić information content (AvgIpc) is 2.65. The summed E-state index contributed by atoms with van der Waals surface area (Å²) < 4.78 is 5.92. The van der Waals surface area contributed by atoms with Crippen molar-refractivity contribution >= 4 is 0 Å². The fourth-order valence-electron chi connectivity index (χ4n) is 3.50. The van der Waals surface area contributed by atoms with E-state index < -0.39 is 0 Å². The van der Waals surface area contributed by atoms with Crippen molar-refractivity contribution in [2.45, 2.75) is 63.6 Å². The summed E-state index contributed by atoms with van der Waals surface area (Å²) in [5, 5.41) is 13.9. The predicted molar refractivity (Wildman–Crippen MR) is 80.0 cm³/mol. The Morgan fingerprint density at radius 1 is 1.15 bits per heavy atom. The summed E-state index contributed by atoms with van der Waals surface area (Å²) in [6.07, 6.45) is 6.35. The predicted octanol–water partition coefficient (Wildman–Crippen LogP) is 3.10. The highest BCUT2D eigenvalue weighted by atomic mass is 16.5. The van der Waals surface area contributed by atoms with E-state index in [1.54, 1.807) is 0 Å². The number of aryl methyl sites for hydroxylation is 1. The van der Waals surface area contributed by atoms with Crippen molar-refractivity contribution in [3.63, 3.8) is 0 Å². The number of fused-ring (bicyclic) bond motifs is 1. The molecule has 2 N–H and O–H groups in total. The summed E-state index contributed by atoms with van der Waals surface area (Å²) in [6.45, 7) is 2.90. The quantitative estimate of drug-likeness (QED) is 0.871. The second-order valence-corrected chi connectivity index (χ2v) is 6.16. The topological polar surface area (TPSA) is 41.5 Å². The fraction of sp³-hybridized carbons (Fsp3) is 0.647. The summed E-state index contributed by atoms with van der Waals surface area (Å²) in [7, 11) is 0. The SMILES string of the molecule is Cc1cccc2c1OCCCC2NC1CCCCC1O. The van der Waals surface area contributed by atoms with Crippen LogP contribution in [0.25, 0.3) is 0 Å². The molecule has 3 nitrogen and oxygen atoms in total. The second-order valence-electron chi connectivity index (χ2n) is 6.16. The Hall–Kier alpha value is -1.06. The Labute approximate surface area is 121 Å². The summed E-state index contributed by atoms with van der Waals surface area (Å²) in [5.74, 6) is 1.05. The normalized spacial score (nSPS) is 30.2. The van der Waals surface area contributed by atoms with E-state index in [1.807, 2.05) is 0 Å². The molecule has 1 saturated carbocycles. The first-order chi connectivity index (χ1) is 9.75. The lowest BCUT2D eigenvalue weighted by molar-refractivity contribution is 0.0841. The van der Waals surface area contributed by atoms with Crippen LogP contribution in [0.4, 0.5) is 0 Å². The summed E-state index contributed by atoms with van der Waals surface area (Å²) in [5.41, 5.74) is 2.47. The van der Waals surface area contributed by atoms with Crippen LogP contribution >= 0.6 is 0 Å². The van der Waals surface area contributed by atoms with E-state index in [1.165, 1.54) is 17.5 Å². The third kappa shape index (κ3) is 2.84. The van der Waals surface area contributed by atoms with Gasteiger partial charge in [-0.15, -0.1) is 0 Å². The molecule has 3 rings (SSSR count). The minimum absolute atomic E-state index is 0.193. The third-order valence-electron chi connectivity index (χ3n) is 4.65. The molecule has 0 aromatic heterocycles. The highest BCUT2D eigenvalue weighted by Crippen LogP contribution is 2.35. The summed E-state index contributed by atoms with van der Waals surface area (Å²) in [4.78, 5) is 0. The van der Waals surface area contributed by atoms with E-state index in [0.29, 0.717) is 6.04 Å². The maximum Gasteiger partial charge on any atom is 0.126 e. The van der Waals surface area contributed by atoms with E-state index in [4.69, 9.17) is 4.74 Å². The van der Waals surface area contributed by atoms with Crippen LogP contribution in [0.1, 0.15) is 55.7 Å². The standard InChI is InChI=1S/C17H25NO2/c1-12-6-4-7-13-14(9-5-11-20-17(12)13)18-15-8-2-3-10-16(15)19/h4,6-7,14-16,18-19H,2-3,5,8-11H2,1H3. The summed E-state index contributed by atoms with van der Waals surface area (Å²) in [6, 6.07) is 6.93. The van der Waals surface area contributed by atoms with Crippen molar-refractivity contribution in [3.8, 4) is 5.75 Å². The van der Waals surface area contributed by atoms with Gasteiger partial charge in [-0.1, -0.05) is 31.0 Å². The smallest absolute Gasteiger partial charge is 0.126 e. The molecule has 1 aromatic rings. The molecular weight excluding hydrogens is 250 g/mol. The van der Waals surface area contributed by atoms with Gasteiger partial charge in [0.25, 0.3) is 0 Å². The van der Waals surface area contributed by atoms with Crippen LogP contribution in [0.3, 0.4) is 0 Å². The minimum Gasteiger partial charge on any atom is -0.493 e. The molecule has 1 aliphatic carbocycles. The molecule has 20 heavy (non-hydrogen) atoms. The summed E-state index contributed by atoms with van der Waals surface area (Å²) >= 11 is 0.